The fourth-order valence-electron chi connectivity index (χ4n) is 4.91. The third-order valence-corrected chi connectivity index (χ3v) is 7.80. The quantitative estimate of drug-likeness (QED) is 0.439. The average molecular weight is 487 g/mol. The number of methoxy groups -OCH3 is 1. The van der Waals surface area contributed by atoms with Crippen LogP contribution in [0.5, 0.6) is 0 Å². The molecule has 2 heterocycles. The first-order valence-electron chi connectivity index (χ1n) is 11.6. The molecule has 0 aliphatic carbocycles. The Hall–Kier alpha value is -1.87. The molecule has 2 N–H and O–H groups in total. The highest BCUT2D eigenvalue weighted by Gasteiger charge is 2.51. The van der Waals surface area contributed by atoms with Crippen LogP contribution in [-0.4, -0.2) is 77.9 Å². The normalized spacial score (nSPS) is 20.1. The molecule has 0 saturated carbocycles. The smallest absolute Gasteiger partial charge is 0.241 e. The zero-order valence-electron chi connectivity index (χ0n) is 19.5. The molecule has 2 aromatic rings. The van der Waals surface area contributed by atoms with Crippen LogP contribution < -0.4 is 10.6 Å². The fraction of sp³-hybridized carbons (Fsp3) is 0.520. The van der Waals surface area contributed by atoms with E-state index in [2.05, 4.69) is 69.2 Å². The van der Waals surface area contributed by atoms with Crippen molar-refractivity contribution < 1.29 is 9.53 Å². The number of hydrogen-bond donors (Lipinski definition) is 2. The number of ether oxygens (including phenoxy) is 1. The van der Waals surface area contributed by atoms with E-state index in [1.165, 1.54) is 16.3 Å². The standard InChI is InChI=1S/C25H34N4O2S2/c1-31-15-12-26-24(32)28-13-10-25(11-14-28)27-22(9-16-33-2)23(30)29(25)18-19-7-8-20-5-3-4-6-21(20)17-19/h3-8,17,22,27H,9-16,18H2,1-2H3,(H,26,32). The summed E-state index contributed by atoms with van der Waals surface area (Å²) in [5, 5.41) is 10.2. The lowest BCUT2D eigenvalue weighted by atomic mass is 9.95. The molecule has 6 nitrogen and oxygen atoms in total. The van der Waals surface area contributed by atoms with Gasteiger partial charge in [0.2, 0.25) is 5.91 Å². The van der Waals surface area contributed by atoms with Crippen molar-refractivity contribution in [3.63, 3.8) is 0 Å². The molecule has 0 radical (unpaired) electrons. The summed E-state index contributed by atoms with van der Waals surface area (Å²) in [6.45, 7) is 3.61. The number of likely N-dealkylation sites (tertiary alicyclic amines) is 1. The van der Waals surface area contributed by atoms with Gasteiger partial charge in [0.15, 0.2) is 5.11 Å². The molecule has 178 valence electrons. The number of nitrogens with zero attached hydrogens (tertiary/aromatic N) is 2. The fourth-order valence-corrected chi connectivity index (χ4v) is 5.67. The number of carbonyl (C=O) groups is 1. The van der Waals surface area contributed by atoms with Gasteiger partial charge in [-0.1, -0.05) is 36.4 Å². The minimum Gasteiger partial charge on any atom is -0.383 e. The SMILES string of the molecule is COCCNC(=S)N1CCC2(CC1)NC(CCSC)C(=O)N2Cc1ccc2ccccc2c1. The van der Waals surface area contributed by atoms with E-state index in [4.69, 9.17) is 17.0 Å². The van der Waals surface area contributed by atoms with E-state index in [0.29, 0.717) is 19.7 Å². The number of nitrogens with one attached hydrogen (secondary N) is 2. The minimum absolute atomic E-state index is 0.115. The highest BCUT2D eigenvalue weighted by atomic mass is 32.2. The molecule has 2 aromatic carbocycles. The number of thiocarbonyl (C=S) groups is 1. The van der Waals surface area contributed by atoms with Crippen LogP contribution in [-0.2, 0) is 16.1 Å². The molecule has 1 atom stereocenters. The van der Waals surface area contributed by atoms with Crippen LogP contribution in [0.3, 0.4) is 0 Å². The van der Waals surface area contributed by atoms with Crippen molar-refractivity contribution in [2.45, 2.75) is 37.5 Å². The first-order valence-corrected chi connectivity index (χ1v) is 13.4. The molecular weight excluding hydrogens is 452 g/mol. The number of piperidine rings is 1. The van der Waals surface area contributed by atoms with Crippen molar-refractivity contribution in [1.82, 2.24) is 20.4 Å². The molecule has 2 fully saturated rings. The zero-order valence-corrected chi connectivity index (χ0v) is 21.1. The van der Waals surface area contributed by atoms with E-state index >= 15 is 0 Å². The van der Waals surface area contributed by atoms with Crippen LogP contribution in [0.4, 0.5) is 0 Å². The van der Waals surface area contributed by atoms with E-state index in [1.807, 2.05) is 0 Å². The van der Waals surface area contributed by atoms with Crippen molar-refractivity contribution in [3.8, 4) is 0 Å². The monoisotopic (exact) mass is 486 g/mol. The number of rotatable bonds is 8. The number of amides is 1. The summed E-state index contributed by atoms with van der Waals surface area (Å²) >= 11 is 7.38. The summed E-state index contributed by atoms with van der Waals surface area (Å²) in [4.78, 5) is 17.9. The van der Waals surface area contributed by atoms with Gasteiger partial charge in [-0.15, -0.1) is 0 Å². The Bertz CT molecular complexity index is 978. The van der Waals surface area contributed by atoms with Crippen LogP contribution in [0.2, 0.25) is 0 Å². The second-order valence-electron chi connectivity index (χ2n) is 8.83. The summed E-state index contributed by atoms with van der Waals surface area (Å²) in [6, 6.07) is 14.8. The van der Waals surface area contributed by atoms with E-state index in [9.17, 15) is 4.79 Å². The highest BCUT2D eigenvalue weighted by Crippen LogP contribution is 2.35. The molecule has 1 amide bonds. The first-order chi connectivity index (χ1) is 16.1. The van der Waals surface area contributed by atoms with Crippen molar-refractivity contribution in [2.24, 2.45) is 0 Å². The largest absolute Gasteiger partial charge is 0.383 e. The third kappa shape index (κ3) is 5.45. The van der Waals surface area contributed by atoms with Gasteiger partial charge in [-0.05, 0) is 53.0 Å². The van der Waals surface area contributed by atoms with Crippen molar-refractivity contribution in [1.29, 1.82) is 0 Å². The summed E-state index contributed by atoms with van der Waals surface area (Å²) in [5.74, 6) is 1.20. The first kappa shape index (κ1) is 24.3. The van der Waals surface area contributed by atoms with E-state index in [0.717, 1.165) is 43.2 Å². The van der Waals surface area contributed by atoms with E-state index in [-0.39, 0.29) is 17.6 Å². The minimum atomic E-state index is -0.315. The molecule has 1 unspecified atom stereocenters. The Morgan fingerprint density at radius 3 is 2.73 bits per heavy atom. The number of benzene rings is 2. The Labute approximate surface area is 206 Å². The lowest BCUT2D eigenvalue weighted by molar-refractivity contribution is -0.134. The molecule has 1 spiro atoms. The molecule has 0 aromatic heterocycles. The average Bonchev–Trinajstić information content (AvgIpc) is 3.08. The van der Waals surface area contributed by atoms with Gasteiger partial charge in [0.1, 0.15) is 0 Å². The number of fused-ring (bicyclic) bond motifs is 1. The summed E-state index contributed by atoms with van der Waals surface area (Å²) in [7, 11) is 1.69. The lowest BCUT2D eigenvalue weighted by Gasteiger charge is -2.45. The van der Waals surface area contributed by atoms with Gasteiger partial charge in [-0.3, -0.25) is 10.1 Å². The number of carbonyl (C=O) groups excluding carboxylic acids is 1. The van der Waals surface area contributed by atoms with Crippen LogP contribution in [0, 0.1) is 0 Å². The molecular formula is C25H34N4O2S2. The van der Waals surface area contributed by atoms with Gasteiger partial charge in [-0.25, -0.2) is 0 Å². The second kappa shape index (κ2) is 11.0. The Morgan fingerprint density at radius 1 is 1.24 bits per heavy atom. The maximum Gasteiger partial charge on any atom is 0.241 e. The van der Waals surface area contributed by atoms with Gasteiger partial charge in [0.05, 0.1) is 18.3 Å². The number of thioether (sulfide) groups is 1. The highest BCUT2D eigenvalue weighted by molar-refractivity contribution is 7.98. The lowest BCUT2D eigenvalue weighted by Crippen LogP contribution is -2.60. The molecule has 4 rings (SSSR count). The van der Waals surface area contributed by atoms with Crippen molar-refractivity contribution in [2.75, 3.05) is 45.4 Å². The molecule has 0 bridgehead atoms. The summed E-state index contributed by atoms with van der Waals surface area (Å²) < 4.78 is 5.11. The van der Waals surface area contributed by atoms with Crippen molar-refractivity contribution >= 4 is 45.8 Å². The summed E-state index contributed by atoms with van der Waals surface area (Å²) in [6.07, 6.45) is 4.66. The summed E-state index contributed by atoms with van der Waals surface area (Å²) in [5.41, 5.74) is 0.859. The van der Waals surface area contributed by atoms with Gasteiger partial charge in [0.25, 0.3) is 0 Å². The Kier molecular flexibility index (Phi) is 8.11. The van der Waals surface area contributed by atoms with Gasteiger partial charge >= 0.3 is 0 Å². The van der Waals surface area contributed by atoms with Crippen LogP contribution in [0.15, 0.2) is 42.5 Å². The van der Waals surface area contributed by atoms with Crippen molar-refractivity contribution in [3.05, 3.63) is 48.0 Å². The van der Waals surface area contributed by atoms with Crippen LogP contribution in [0.1, 0.15) is 24.8 Å². The van der Waals surface area contributed by atoms with E-state index in [1.54, 1.807) is 18.9 Å². The zero-order chi connectivity index (χ0) is 23.3. The Balaban J connectivity index is 1.50. The second-order valence-corrected chi connectivity index (χ2v) is 10.2. The van der Waals surface area contributed by atoms with Gasteiger partial charge < -0.3 is 19.9 Å². The maximum absolute atomic E-state index is 13.5. The molecule has 8 heteroatoms. The molecule has 33 heavy (non-hydrogen) atoms. The van der Waals surface area contributed by atoms with Crippen LogP contribution in [0.25, 0.3) is 10.8 Å². The predicted octanol–water partition coefficient (Wildman–Crippen LogP) is 3.21. The maximum atomic E-state index is 13.5. The topological polar surface area (TPSA) is 56.8 Å². The predicted molar refractivity (Wildman–Crippen MR) is 140 cm³/mol. The Morgan fingerprint density at radius 2 is 2.00 bits per heavy atom. The number of hydrogen-bond acceptors (Lipinski definition) is 5. The third-order valence-electron chi connectivity index (χ3n) is 6.75. The molecule has 2 aliphatic heterocycles. The van der Waals surface area contributed by atoms with Gasteiger partial charge in [0, 0.05) is 46.1 Å². The molecule has 2 saturated heterocycles. The van der Waals surface area contributed by atoms with E-state index < -0.39 is 0 Å². The van der Waals surface area contributed by atoms with Gasteiger partial charge in [-0.2, -0.15) is 11.8 Å². The van der Waals surface area contributed by atoms with Crippen LogP contribution >= 0.6 is 24.0 Å². The molecule has 2 aliphatic rings.